The van der Waals surface area contributed by atoms with Crippen LogP contribution in [0.2, 0.25) is 0 Å². The van der Waals surface area contributed by atoms with Crippen molar-refractivity contribution in [2.45, 2.75) is 33.2 Å². The van der Waals surface area contributed by atoms with Crippen LogP contribution in [0.5, 0.6) is 0 Å². The molecule has 1 atom stereocenters. The summed E-state index contributed by atoms with van der Waals surface area (Å²) in [5.74, 6) is -0.190. The first-order valence-electron chi connectivity index (χ1n) is 6.70. The fraction of sp³-hybridized carbons (Fsp3) is 0.294. The lowest BCUT2D eigenvalue weighted by Crippen LogP contribution is -2.10. The van der Waals surface area contributed by atoms with Gasteiger partial charge in [0.15, 0.2) is 0 Å². The van der Waals surface area contributed by atoms with Crippen LogP contribution in [-0.4, -0.2) is 0 Å². The van der Waals surface area contributed by atoms with Crippen LogP contribution >= 0.6 is 0 Å². The molecule has 19 heavy (non-hydrogen) atoms. The monoisotopic (exact) mass is 257 g/mol. The molecule has 2 aromatic carbocycles. The van der Waals surface area contributed by atoms with Crippen LogP contribution in [0, 0.1) is 19.7 Å². The van der Waals surface area contributed by atoms with E-state index in [2.05, 4.69) is 44.3 Å². The third kappa shape index (κ3) is 3.14. The van der Waals surface area contributed by atoms with Gasteiger partial charge in [0.25, 0.3) is 0 Å². The molecule has 0 fully saturated rings. The summed E-state index contributed by atoms with van der Waals surface area (Å²) in [6.45, 7) is 6.36. The quantitative estimate of drug-likeness (QED) is 0.812. The Hall–Kier alpha value is -1.83. The molecule has 100 valence electrons. The molecule has 0 amide bonds. The second-order valence-electron chi connectivity index (χ2n) is 4.90. The Morgan fingerprint density at radius 2 is 1.74 bits per heavy atom. The highest BCUT2D eigenvalue weighted by molar-refractivity contribution is 5.55. The van der Waals surface area contributed by atoms with E-state index in [0.29, 0.717) is 0 Å². The first kappa shape index (κ1) is 13.6. The highest BCUT2D eigenvalue weighted by Gasteiger charge is 2.10. The normalized spacial score (nSPS) is 12.2. The zero-order valence-electron chi connectivity index (χ0n) is 11.7. The summed E-state index contributed by atoms with van der Waals surface area (Å²) in [6.07, 6.45) is 0.957. The first-order valence-corrected chi connectivity index (χ1v) is 6.70. The Morgan fingerprint density at radius 3 is 2.37 bits per heavy atom. The van der Waals surface area contributed by atoms with Gasteiger partial charge < -0.3 is 5.32 Å². The Balaban J connectivity index is 2.24. The number of nitrogens with one attached hydrogen (secondary N) is 1. The molecule has 0 aliphatic heterocycles. The minimum atomic E-state index is -0.190. The van der Waals surface area contributed by atoms with Crippen molar-refractivity contribution in [2.75, 3.05) is 5.32 Å². The summed E-state index contributed by atoms with van der Waals surface area (Å²) >= 11 is 0. The van der Waals surface area contributed by atoms with Crippen molar-refractivity contribution in [1.29, 1.82) is 0 Å². The molecule has 1 unspecified atom stereocenters. The summed E-state index contributed by atoms with van der Waals surface area (Å²) in [5.41, 5.74) is 4.81. The van der Waals surface area contributed by atoms with Gasteiger partial charge in [-0.15, -0.1) is 0 Å². The molecule has 0 spiro atoms. The summed E-state index contributed by atoms with van der Waals surface area (Å²) in [5, 5.41) is 3.55. The Morgan fingerprint density at radius 1 is 1.05 bits per heavy atom. The average molecular weight is 257 g/mol. The van der Waals surface area contributed by atoms with Crippen molar-refractivity contribution in [1.82, 2.24) is 0 Å². The number of hydrogen-bond donors (Lipinski definition) is 1. The molecule has 1 N–H and O–H groups in total. The summed E-state index contributed by atoms with van der Waals surface area (Å²) in [7, 11) is 0. The van der Waals surface area contributed by atoms with Crippen molar-refractivity contribution in [3.63, 3.8) is 0 Å². The second kappa shape index (κ2) is 5.87. The molecule has 2 rings (SSSR count). The van der Waals surface area contributed by atoms with Gasteiger partial charge in [0, 0.05) is 5.69 Å². The SMILES string of the molecule is CCC(Nc1cccc(C)c1C)c1ccc(F)cc1. The van der Waals surface area contributed by atoms with Crippen LogP contribution in [-0.2, 0) is 0 Å². The molecular weight excluding hydrogens is 237 g/mol. The van der Waals surface area contributed by atoms with E-state index in [9.17, 15) is 4.39 Å². The number of aryl methyl sites for hydroxylation is 1. The average Bonchev–Trinajstić information content (AvgIpc) is 2.42. The predicted molar refractivity (Wildman–Crippen MR) is 79.0 cm³/mol. The molecule has 2 aromatic rings. The van der Waals surface area contributed by atoms with Crippen LogP contribution < -0.4 is 5.32 Å². The van der Waals surface area contributed by atoms with E-state index in [-0.39, 0.29) is 11.9 Å². The molecule has 0 saturated carbocycles. The summed E-state index contributed by atoms with van der Waals surface area (Å²) < 4.78 is 13.0. The van der Waals surface area contributed by atoms with E-state index in [1.165, 1.54) is 23.3 Å². The minimum absolute atomic E-state index is 0.190. The molecule has 0 radical (unpaired) electrons. The zero-order chi connectivity index (χ0) is 13.8. The lowest BCUT2D eigenvalue weighted by Gasteiger charge is -2.21. The molecular formula is C17H20FN. The smallest absolute Gasteiger partial charge is 0.123 e. The minimum Gasteiger partial charge on any atom is -0.378 e. The molecule has 0 heterocycles. The van der Waals surface area contributed by atoms with E-state index >= 15 is 0 Å². The van der Waals surface area contributed by atoms with Crippen molar-refractivity contribution in [2.24, 2.45) is 0 Å². The lowest BCUT2D eigenvalue weighted by atomic mass is 10.0. The molecule has 2 heteroatoms. The van der Waals surface area contributed by atoms with Crippen LogP contribution in [0.25, 0.3) is 0 Å². The number of anilines is 1. The van der Waals surface area contributed by atoms with Gasteiger partial charge in [-0.2, -0.15) is 0 Å². The van der Waals surface area contributed by atoms with E-state index in [1.807, 2.05) is 12.1 Å². The number of rotatable bonds is 4. The van der Waals surface area contributed by atoms with Gasteiger partial charge in [-0.1, -0.05) is 31.2 Å². The van der Waals surface area contributed by atoms with E-state index in [0.717, 1.165) is 17.7 Å². The van der Waals surface area contributed by atoms with E-state index in [4.69, 9.17) is 0 Å². The van der Waals surface area contributed by atoms with Crippen molar-refractivity contribution >= 4 is 5.69 Å². The van der Waals surface area contributed by atoms with E-state index < -0.39 is 0 Å². The Bertz CT molecular complexity index is 546. The van der Waals surface area contributed by atoms with Gasteiger partial charge in [0.05, 0.1) is 6.04 Å². The fourth-order valence-electron chi connectivity index (χ4n) is 2.21. The maximum atomic E-state index is 13.0. The Labute approximate surface area is 114 Å². The number of hydrogen-bond acceptors (Lipinski definition) is 1. The maximum Gasteiger partial charge on any atom is 0.123 e. The van der Waals surface area contributed by atoms with Crippen LogP contribution in [0.1, 0.15) is 36.1 Å². The zero-order valence-corrected chi connectivity index (χ0v) is 11.7. The third-order valence-electron chi connectivity index (χ3n) is 3.61. The molecule has 0 aliphatic carbocycles. The first-order chi connectivity index (χ1) is 9.11. The van der Waals surface area contributed by atoms with Crippen molar-refractivity contribution in [3.05, 3.63) is 65.0 Å². The van der Waals surface area contributed by atoms with Gasteiger partial charge in [0.2, 0.25) is 0 Å². The number of benzene rings is 2. The van der Waals surface area contributed by atoms with Gasteiger partial charge in [-0.3, -0.25) is 0 Å². The standard InChI is InChI=1S/C17H20FN/c1-4-16(14-8-10-15(18)11-9-14)19-17-7-5-6-12(2)13(17)3/h5-11,16,19H,4H2,1-3H3. The number of halogens is 1. The van der Waals surface area contributed by atoms with Crippen molar-refractivity contribution < 1.29 is 4.39 Å². The highest BCUT2D eigenvalue weighted by Crippen LogP contribution is 2.26. The van der Waals surface area contributed by atoms with Crippen molar-refractivity contribution in [3.8, 4) is 0 Å². The molecule has 1 nitrogen and oxygen atoms in total. The van der Waals surface area contributed by atoms with E-state index in [1.54, 1.807) is 0 Å². The molecule has 0 saturated heterocycles. The largest absolute Gasteiger partial charge is 0.378 e. The molecule has 0 aliphatic rings. The third-order valence-corrected chi connectivity index (χ3v) is 3.61. The van der Waals surface area contributed by atoms with Crippen LogP contribution in [0.4, 0.5) is 10.1 Å². The second-order valence-corrected chi connectivity index (χ2v) is 4.90. The van der Waals surface area contributed by atoms with Gasteiger partial charge in [-0.05, 0) is 55.2 Å². The Kier molecular flexibility index (Phi) is 4.20. The highest BCUT2D eigenvalue weighted by atomic mass is 19.1. The fourth-order valence-corrected chi connectivity index (χ4v) is 2.21. The lowest BCUT2D eigenvalue weighted by molar-refractivity contribution is 0.625. The summed E-state index contributed by atoms with van der Waals surface area (Å²) in [6, 6.07) is 13.2. The molecule has 0 aromatic heterocycles. The predicted octanol–water partition coefficient (Wildman–Crippen LogP) is 5.01. The van der Waals surface area contributed by atoms with Crippen LogP contribution in [0.3, 0.4) is 0 Å². The van der Waals surface area contributed by atoms with Gasteiger partial charge >= 0.3 is 0 Å². The maximum absolute atomic E-state index is 13.0. The van der Waals surface area contributed by atoms with Crippen LogP contribution in [0.15, 0.2) is 42.5 Å². The van der Waals surface area contributed by atoms with Gasteiger partial charge in [0.1, 0.15) is 5.82 Å². The van der Waals surface area contributed by atoms with Gasteiger partial charge in [-0.25, -0.2) is 4.39 Å². The molecule has 0 bridgehead atoms. The topological polar surface area (TPSA) is 12.0 Å². The summed E-state index contributed by atoms with van der Waals surface area (Å²) in [4.78, 5) is 0.